The fourth-order valence-corrected chi connectivity index (χ4v) is 3.25. The van der Waals surface area contributed by atoms with Gasteiger partial charge in [0.15, 0.2) is 0 Å². The second-order valence-corrected chi connectivity index (χ2v) is 6.28. The van der Waals surface area contributed by atoms with Crippen molar-refractivity contribution in [2.45, 2.75) is 33.3 Å². The first-order valence-electron chi connectivity index (χ1n) is 8.43. The molecular formula is C20H26N2O. The van der Waals surface area contributed by atoms with E-state index < -0.39 is 0 Å². The predicted molar refractivity (Wildman–Crippen MR) is 97.7 cm³/mol. The lowest BCUT2D eigenvalue weighted by Gasteiger charge is -2.20. The zero-order valence-corrected chi connectivity index (χ0v) is 14.4. The quantitative estimate of drug-likeness (QED) is 0.878. The summed E-state index contributed by atoms with van der Waals surface area (Å²) >= 11 is 0. The molecule has 1 fully saturated rings. The van der Waals surface area contributed by atoms with Crippen molar-refractivity contribution in [3.8, 4) is 5.75 Å². The Kier molecular flexibility index (Phi) is 4.75. The van der Waals surface area contributed by atoms with Crippen LogP contribution in [0.2, 0.25) is 0 Å². The highest BCUT2D eigenvalue weighted by molar-refractivity contribution is 5.55. The maximum absolute atomic E-state index is 6.11. The molecule has 0 amide bonds. The summed E-state index contributed by atoms with van der Waals surface area (Å²) in [6.45, 7) is 7.20. The maximum Gasteiger partial charge on any atom is 0.122 e. The third-order valence-electron chi connectivity index (χ3n) is 4.68. The molecule has 1 N–H and O–H groups in total. The Morgan fingerprint density at radius 2 is 1.83 bits per heavy atom. The number of benzene rings is 2. The summed E-state index contributed by atoms with van der Waals surface area (Å²) in [6.07, 6.45) is 2.61. The van der Waals surface area contributed by atoms with Gasteiger partial charge in [0, 0.05) is 37.1 Å². The topological polar surface area (TPSA) is 24.5 Å². The monoisotopic (exact) mass is 310 g/mol. The summed E-state index contributed by atoms with van der Waals surface area (Å²) < 4.78 is 6.11. The van der Waals surface area contributed by atoms with Gasteiger partial charge in [0.1, 0.15) is 12.4 Å². The highest BCUT2D eigenvalue weighted by Gasteiger charge is 2.13. The van der Waals surface area contributed by atoms with Gasteiger partial charge in [-0.3, -0.25) is 0 Å². The number of hydrogen-bond donors (Lipinski definition) is 1. The van der Waals surface area contributed by atoms with E-state index in [1.807, 2.05) is 7.05 Å². The highest BCUT2D eigenvalue weighted by Crippen LogP contribution is 2.28. The molecule has 122 valence electrons. The largest absolute Gasteiger partial charge is 0.489 e. The van der Waals surface area contributed by atoms with Gasteiger partial charge < -0.3 is 15.0 Å². The predicted octanol–water partition coefficient (Wildman–Crippen LogP) is 4.52. The van der Waals surface area contributed by atoms with Crippen molar-refractivity contribution < 1.29 is 4.74 Å². The van der Waals surface area contributed by atoms with Crippen molar-refractivity contribution in [2.75, 3.05) is 30.4 Å². The van der Waals surface area contributed by atoms with Gasteiger partial charge >= 0.3 is 0 Å². The molecule has 0 saturated carbocycles. The molecule has 1 heterocycles. The van der Waals surface area contributed by atoms with E-state index in [1.54, 1.807) is 0 Å². The second-order valence-electron chi connectivity index (χ2n) is 6.28. The van der Waals surface area contributed by atoms with Crippen molar-refractivity contribution in [3.63, 3.8) is 0 Å². The van der Waals surface area contributed by atoms with Crippen LogP contribution in [0.5, 0.6) is 5.75 Å². The van der Waals surface area contributed by atoms with Gasteiger partial charge in [-0.2, -0.15) is 0 Å². The van der Waals surface area contributed by atoms with Crippen LogP contribution in [-0.4, -0.2) is 20.1 Å². The first-order valence-corrected chi connectivity index (χ1v) is 8.43. The smallest absolute Gasteiger partial charge is 0.122 e. The van der Waals surface area contributed by atoms with E-state index in [9.17, 15) is 0 Å². The molecule has 1 aliphatic heterocycles. The lowest BCUT2D eigenvalue weighted by Crippen LogP contribution is -2.17. The molecule has 0 aliphatic carbocycles. The molecule has 0 spiro atoms. The van der Waals surface area contributed by atoms with Crippen LogP contribution in [-0.2, 0) is 6.61 Å². The SMILES string of the molecule is CNc1cccc(C)c1COc1ccc(N2CCCC2)cc1C. The van der Waals surface area contributed by atoms with E-state index in [1.165, 1.54) is 48.3 Å². The molecule has 0 atom stereocenters. The minimum Gasteiger partial charge on any atom is -0.489 e. The lowest BCUT2D eigenvalue weighted by atomic mass is 10.1. The normalized spacial score (nSPS) is 14.1. The van der Waals surface area contributed by atoms with E-state index in [0.29, 0.717) is 6.61 Å². The van der Waals surface area contributed by atoms with Crippen LogP contribution < -0.4 is 15.0 Å². The molecule has 0 aromatic heterocycles. The molecule has 0 unspecified atom stereocenters. The third-order valence-corrected chi connectivity index (χ3v) is 4.68. The molecule has 0 bridgehead atoms. The van der Waals surface area contributed by atoms with Gasteiger partial charge in [0.05, 0.1) is 0 Å². The van der Waals surface area contributed by atoms with E-state index in [-0.39, 0.29) is 0 Å². The van der Waals surface area contributed by atoms with Crippen LogP contribution in [0.3, 0.4) is 0 Å². The number of rotatable bonds is 5. The van der Waals surface area contributed by atoms with Gasteiger partial charge in [-0.05, 0) is 62.1 Å². The Hall–Kier alpha value is -2.16. The minimum absolute atomic E-state index is 0.590. The zero-order chi connectivity index (χ0) is 16.2. The molecule has 1 saturated heterocycles. The summed E-state index contributed by atoms with van der Waals surface area (Å²) in [5.74, 6) is 0.971. The van der Waals surface area contributed by atoms with Gasteiger partial charge in [-0.25, -0.2) is 0 Å². The summed E-state index contributed by atoms with van der Waals surface area (Å²) in [7, 11) is 1.95. The lowest BCUT2D eigenvalue weighted by molar-refractivity contribution is 0.304. The number of anilines is 2. The van der Waals surface area contributed by atoms with Crippen LogP contribution in [0.4, 0.5) is 11.4 Å². The van der Waals surface area contributed by atoms with Gasteiger partial charge in [-0.1, -0.05) is 12.1 Å². The second kappa shape index (κ2) is 6.95. The van der Waals surface area contributed by atoms with Crippen LogP contribution in [0, 0.1) is 13.8 Å². The summed E-state index contributed by atoms with van der Waals surface area (Å²) in [5.41, 5.74) is 6.13. The Morgan fingerprint density at radius 1 is 1.04 bits per heavy atom. The molecule has 0 radical (unpaired) electrons. The number of hydrogen-bond acceptors (Lipinski definition) is 3. The first-order chi connectivity index (χ1) is 11.2. The summed E-state index contributed by atoms with van der Waals surface area (Å²) in [6, 6.07) is 12.8. The average Bonchev–Trinajstić information content (AvgIpc) is 3.09. The fourth-order valence-electron chi connectivity index (χ4n) is 3.25. The van der Waals surface area contributed by atoms with Gasteiger partial charge in [-0.15, -0.1) is 0 Å². The Bertz CT molecular complexity index is 675. The fraction of sp³-hybridized carbons (Fsp3) is 0.400. The third kappa shape index (κ3) is 3.44. The van der Waals surface area contributed by atoms with Crippen molar-refractivity contribution in [1.82, 2.24) is 0 Å². The van der Waals surface area contributed by atoms with Crippen molar-refractivity contribution in [3.05, 3.63) is 53.1 Å². The highest BCUT2D eigenvalue weighted by atomic mass is 16.5. The van der Waals surface area contributed by atoms with Crippen molar-refractivity contribution in [1.29, 1.82) is 0 Å². The van der Waals surface area contributed by atoms with E-state index in [0.717, 1.165) is 11.4 Å². The molecule has 1 aliphatic rings. The van der Waals surface area contributed by atoms with Crippen LogP contribution in [0.1, 0.15) is 29.5 Å². The number of aryl methyl sites for hydroxylation is 2. The van der Waals surface area contributed by atoms with E-state index >= 15 is 0 Å². The number of ether oxygens (including phenoxy) is 1. The van der Waals surface area contributed by atoms with Crippen LogP contribution in [0.15, 0.2) is 36.4 Å². The van der Waals surface area contributed by atoms with Crippen molar-refractivity contribution >= 4 is 11.4 Å². The maximum atomic E-state index is 6.11. The molecule has 3 heteroatoms. The number of nitrogens with zero attached hydrogens (tertiary/aromatic N) is 1. The van der Waals surface area contributed by atoms with E-state index in [4.69, 9.17) is 4.74 Å². The van der Waals surface area contributed by atoms with Crippen LogP contribution in [0.25, 0.3) is 0 Å². The van der Waals surface area contributed by atoms with Gasteiger partial charge in [0.2, 0.25) is 0 Å². The molecule has 2 aromatic rings. The van der Waals surface area contributed by atoms with Crippen molar-refractivity contribution in [2.24, 2.45) is 0 Å². The Morgan fingerprint density at radius 3 is 2.52 bits per heavy atom. The summed E-state index contributed by atoms with van der Waals surface area (Å²) in [4.78, 5) is 2.46. The molecule has 2 aromatic carbocycles. The van der Waals surface area contributed by atoms with Gasteiger partial charge in [0.25, 0.3) is 0 Å². The molecule has 3 nitrogen and oxygen atoms in total. The first kappa shape index (κ1) is 15.7. The Balaban J connectivity index is 1.73. The minimum atomic E-state index is 0.590. The molecule has 3 rings (SSSR count). The zero-order valence-electron chi connectivity index (χ0n) is 14.4. The standard InChI is InChI=1S/C20H26N2O/c1-15-7-6-8-19(21-3)18(15)14-23-20-10-9-17(13-16(20)2)22-11-4-5-12-22/h6-10,13,21H,4-5,11-12,14H2,1-3H3. The Labute approximate surface area is 139 Å². The molecule has 23 heavy (non-hydrogen) atoms. The summed E-state index contributed by atoms with van der Waals surface area (Å²) in [5, 5.41) is 3.25. The van der Waals surface area contributed by atoms with Crippen LogP contribution >= 0.6 is 0 Å². The average molecular weight is 310 g/mol. The molecular weight excluding hydrogens is 284 g/mol. The van der Waals surface area contributed by atoms with E-state index in [2.05, 4.69) is 60.5 Å². The number of nitrogens with one attached hydrogen (secondary N) is 1.